The third kappa shape index (κ3) is 5.69. The topological polar surface area (TPSA) is 254 Å². The summed E-state index contributed by atoms with van der Waals surface area (Å²) >= 11 is 0. The number of hydrogen-bond donors (Lipinski definition) is 10. The molecule has 0 radical (unpaired) electrons. The molecule has 1 amide bonds. The number of hydrogen-bond acceptors (Lipinski definition) is 13. The molecule has 1 aliphatic carbocycles. The number of nitrogens with one attached hydrogen (secondary N) is 2. The van der Waals surface area contributed by atoms with E-state index in [1.165, 1.54) is 7.11 Å². The first-order valence-corrected chi connectivity index (χ1v) is 11.6. The highest BCUT2D eigenvalue weighted by Crippen LogP contribution is 2.33. The summed E-state index contributed by atoms with van der Waals surface area (Å²) in [5.41, 5.74) is 24.4. The molecule has 14 heteroatoms. The molecule has 0 unspecified atom stereocenters. The fourth-order valence-electron chi connectivity index (χ4n) is 5.18. The summed E-state index contributed by atoms with van der Waals surface area (Å²) in [5.74, 6) is -1.04. The standard InChI is InChI=1S/C20H40N6O8/c1-32-11-5-9(27)18(34-11)20(31)26-3-2-25-14-12(7(22)4-8(23)15(14)28)19-13(24)17(30)16(29)10(6-21)33-19/h7-19,25,27-30H,2-6,21-24H2,1H3,(H,26,31)/t7-,8+,9-,10+,11+,12+,13+,14+,15-,16+,17+,18-,19+/m0/s1. The lowest BCUT2D eigenvalue weighted by atomic mass is 9.70. The van der Waals surface area contributed by atoms with E-state index in [0.717, 1.165) is 0 Å². The second kappa shape index (κ2) is 11.8. The smallest absolute Gasteiger partial charge is 0.252 e. The number of rotatable bonds is 8. The first kappa shape index (κ1) is 27.6. The van der Waals surface area contributed by atoms with Crippen LogP contribution in [0.5, 0.6) is 0 Å². The van der Waals surface area contributed by atoms with E-state index in [4.69, 9.17) is 37.1 Å². The maximum absolute atomic E-state index is 12.4. The molecule has 14 nitrogen and oxygen atoms in total. The fraction of sp³-hybridized carbons (Fsp3) is 0.950. The van der Waals surface area contributed by atoms with Gasteiger partial charge in [0, 0.05) is 57.2 Å². The van der Waals surface area contributed by atoms with Gasteiger partial charge < -0.3 is 68.2 Å². The van der Waals surface area contributed by atoms with Crippen LogP contribution in [0.4, 0.5) is 0 Å². The molecule has 3 fully saturated rings. The summed E-state index contributed by atoms with van der Waals surface area (Å²) in [6.45, 7) is 0.357. The van der Waals surface area contributed by atoms with Crippen LogP contribution in [0.2, 0.25) is 0 Å². The molecular formula is C20H40N6O8. The second-order valence-corrected chi connectivity index (χ2v) is 9.36. The van der Waals surface area contributed by atoms with Crippen LogP contribution in [0, 0.1) is 5.92 Å². The van der Waals surface area contributed by atoms with Crippen molar-refractivity contribution in [2.75, 3.05) is 26.7 Å². The molecule has 0 spiro atoms. The molecule has 0 bridgehead atoms. The fourth-order valence-corrected chi connectivity index (χ4v) is 5.18. The third-order valence-corrected chi connectivity index (χ3v) is 7.12. The van der Waals surface area contributed by atoms with Gasteiger partial charge in [0.25, 0.3) is 5.91 Å². The highest BCUT2D eigenvalue weighted by atomic mass is 16.7. The first-order chi connectivity index (χ1) is 16.1. The maximum atomic E-state index is 12.4. The Balaban J connectivity index is 1.63. The molecule has 0 aromatic rings. The Hall–Kier alpha value is -1.01. The number of amides is 1. The van der Waals surface area contributed by atoms with Gasteiger partial charge in [0.15, 0.2) is 12.4 Å². The van der Waals surface area contributed by atoms with Gasteiger partial charge in [-0.1, -0.05) is 0 Å². The van der Waals surface area contributed by atoms with E-state index < -0.39 is 85.0 Å². The highest BCUT2D eigenvalue weighted by Gasteiger charge is 2.52. The molecule has 1 saturated carbocycles. The van der Waals surface area contributed by atoms with E-state index in [1.54, 1.807) is 0 Å². The van der Waals surface area contributed by atoms with Crippen LogP contribution < -0.4 is 33.6 Å². The van der Waals surface area contributed by atoms with Crippen molar-refractivity contribution < 1.29 is 39.4 Å². The molecular weight excluding hydrogens is 452 g/mol. The number of nitrogens with two attached hydrogens (primary N) is 4. The van der Waals surface area contributed by atoms with Gasteiger partial charge in [0.1, 0.15) is 12.2 Å². The number of carbonyl (C=O) groups excluding carboxylic acids is 1. The Bertz CT molecular complexity index is 677. The van der Waals surface area contributed by atoms with Crippen LogP contribution >= 0.6 is 0 Å². The van der Waals surface area contributed by atoms with Crippen LogP contribution in [0.1, 0.15) is 12.8 Å². The number of aliphatic hydroxyl groups excluding tert-OH is 4. The van der Waals surface area contributed by atoms with Crippen LogP contribution in [0.3, 0.4) is 0 Å². The molecule has 0 aromatic carbocycles. The zero-order valence-corrected chi connectivity index (χ0v) is 19.3. The minimum Gasteiger partial charge on any atom is -0.390 e. The Labute approximate surface area is 198 Å². The van der Waals surface area contributed by atoms with Gasteiger partial charge in [-0.15, -0.1) is 0 Å². The van der Waals surface area contributed by atoms with Crippen molar-refractivity contribution >= 4 is 5.91 Å². The first-order valence-electron chi connectivity index (χ1n) is 11.6. The molecule has 2 heterocycles. The van der Waals surface area contributed by atoms with Gasteiger partial charge in [-0.05, 0) is 6.42 Å². The summed E-state index contributed by atoms with van der Waals surface area (Å²) in [6, 6.07) is -2.75. The van der Waals surface area contributed by atoms with Gasteiger partial charge in [-0.2, -0.15) is 0 Å². The molecule has 2 aliphatic heterocycles. The summed E-state index contributed by atoms with van der Waals surface area (Å²) < 4.78 is 16.3. The zero-order chi connectivity index (χ0) is 25.2. The minimum absolute atomic E-state index is 0.0331. The van der Waals surface area contributed by atoms with Gasteiger partial charge in [0.2, 0.25) is 0 Å². The summed E-state index contributed by atoms with van der Waals surface area (Å²) in [4.78, 5) is 12.4. The van der Waals surface area contributed by atoms with E-state index in [1.807, 2.05) is 0 Å². The lowest BCUT2D eigenvalue weighted by molar-refractivity contribution is -0.199. The molecule has 3 rings (SSSR count). The molecule has 14 N–H and O–H groups in total. The number of carbonyl (C=O) groups is 1. The van der Waals surface area contributed by atoms with Crippen LogP contribution in [-0.2, 0) is 19.0 Å². The predicted molar refractivity (Wildman–Crippen MR) is 119 cm³/mol. The van der Waals surface area contributed by atoms with Crippen LogP contribution in [-0.4, -0.2) is 126 Å². The molecule has 3 aliphatic rings. The zero-order valence-electron chi connectivity index (χ0n) is 19.3. The van der Waals surface area contributed by atoms with Crippen LogP contribution in [0.25, 0.3) is 0 Å². The Kier molecular flexibility index (Phi) is 9.58. The average Bonchev–Trinajstić information content (AvgIpc) is 3.19. The number of aliphatic hydroxyl groups is 4. The number of methoxy groups -OCH3 is 1. The van der Waals surface area contributed by atoms with Crippen molar-refractivity contribution in [2.24, 2.45) is 28.9 Å². The molecule has 13 atom stereocenters. The van der Waals surface area contributed by atoms with Crippen molar-refractivity contribution in [1.29, 1.82) is 0 Å². The van der Waals surface area contributed by atoms with E-state index in [2.05, 4.69) is 10.6 Å². The average molecular weight is 493 g/mol. The normalized spacial score (nSPS) is 47.5. The number of ether oxygens (including phenoxy) is 3. The second-order valence-electron chi connectivity index (χ2n) is 9.36. The van der Waals surface area contributed by atoms with Crippen molar-refractivity contribution in [3.63, 3.8) is 0 Å². The van der Waals surface area contributed by atoms with E-state index in [9.17, 15) is 25.2 Å². The lowest BCUT2D eigenvalue weighted by Gasteiger charge is -2.51. The van der Waals surface area contributed by atoms with E-state index >= 15 is 0 Å². The molecule has 198 valence electrons. The monoisotopic (exact) mass is 492 g/mol. The molecule has 2 saturated heterocycles. The lowest BCUT2D eigenvalue weighted by Crippen LogP contribution is -2.72. The van der Waals surface area contributed by atoms with Crippen molar-refractivity contribution in [1.82, 2.24) is 10.6 Å². The minimum atomic E-state index is -1.28. The summed E-state index contributed by atoms with van der Waals surface area (Å²) in [7, 11) is 1.43. The van der Waals surface area contributed by atoms with Crippen molar-refractivity contribution in [3.8, 4) is 0 Å². The molecule has 0 aromatic heterocycles. The maximum Gasteiger partial charge on any atom is 0.252 e. The van der Waals surface area contributed by atoms with Crippen LogP contribution in [0.15, 0.2) is 0 Å². The summed E-state index contributed by atoms with van der Waals surface area (Å²) in [6.07, 6.45) is -7.30. The van der Waals surface area contributed by atoms with Gasteiger partial charge >= 0.3 is 0 Å². The van der Waals surface area contributed by atoms with Crippen molar-refractivity contribution in [2.45, 2.75) is 86.0 Å². The quantitative estimate of drug-likeness (QED) is 0.142. The molecule has 34 heavy (non-hydrogen) atoms. The largest absolute Gasteiger partial charge is 0.390 e. The van der Waals surface area contributed by atoms with E-state index in [-0.39, 0.29) is 26.1 Å². The summed E-state index contributed by atoms with van der Waals surface area (Å²) in [5, 5.41) is 47.3. The van der Waals surface area contributed by atoms with E-state index in [0.29, 0.717) is 6.42 Å². The van der Waals surface area contributed by atoms with Gasteiger partial charge in [-0.3, -0.25) is 4.79 Å². The predicted octanol–water partition coefficient (Wildman–Crippen LogP) is -6.01. The Morgan fingerprint density at radius 3 is 2.32 bits per heavy atom. The Morgan fingerprint density at radius 2 is 1.71 bits per heavy atom. The highest BCUT2D eigenvalue weighted by molar-refractivity contribution is 5.81. The SMILES string of the molecule is CO[C@H]1C[C@H](O)[C@@H](C(=O)NCCN[C@H]2[C@@H](O)[C@H](N)C[C@H](N)[C@H]2[C@H]2O[C@H](CN)[C@@H](O)[C@H](O)[C@H]2N)O1. The van der Waals surface area contributed by atoms with Gasteiger partial charge in [0.05, 0.1) is 30.5 Å². The third-order valence-electron chi connectivity index (χ3n) is 7.12. The van der Waals surface area contributed by atoms with Gasteiger partial charge in [-0.25, -0.2) is 0 Å². The van der Waals surface area contributed by atoms with Crippen molar-refractivity contribution in [3.05, 3.63) is 0 Å². The Morgan fingerprint density at radius 1 is 1.00 bits per heavy atom.